The molecule has 4 heteroatoms. The highest BCUT2D eigenvalue weighted by Crippen LogP contribution is 2.46. The highest BCUT2D eigenvalue weighted by molar-refractivity contribution is 8.00. The number of carbonyl (C=O) groups is 1. The van der Waals surface area contributed by atoms with E-state index in [9.17, 15) is 4.79 Å². The number of fused-ring (bicyclic) bond motifs is 2. The van der Waals surface area contributed by atoms with Gasteiger partial charge in [0.2, 0.25) is 0 Å². The molecule has 1 fully saturated rings. The van der Waals surface area contributed by atoms with Crippen molar-refractivity contribution in [2.75, 3.05) is 5.75 Å². The summed E-state index contributed by atoms with van der Waals surface area (Å²) >= 11 is 1.77. The fourth-order valence-electron chi connectivity index (χ4n) is 2.98. The molecule has 0 amide bonds. The molecule has 0 bridgehead atoms. The molecule has 1 aliphatic carbocycles. The minimum Gasteiger partial charge on any atom is -0.480 e. The lowest BCUT2D eigenvalue weighted by atomic mass is 9.98. The first-order valence-corrected chi connectivity index (χ1v) is 7.43. The maximum atomic E-state index is 11.1. The van der Waals surface area contributed by atoms with Crippen LogP contribution in [0.5, 0.6) is 0 Å². The van der Waals surface area contributed by atoms with Crippen molar-refractivity contribution in [3.05, 3.63) is 35.4 Å². The molecular formula is C14H17NO2S. The van der Waals surface area contributed by atoms with Gasteiger partial charge in [0.05, 0.1) is 4.87 Å². The van der Waals surface area contributed by atoms with Crippen LogP contribution in [-0.2, 0) is 16.1 Å². The van der Waals surface area contributed by atoms with E-state index in [1.165, 1.54) is 17.5 Å². The van der Waals surface area contributed by atoms with E-state index in [4.69, 9.17) is 5.11 Å². The highest BCUT2D eigenvalue weighted by Gasteiger charge is 2.44. The Morgan fingerprint density at radius 3 is 3.00 bits per heavy atom. The van der Waals surface area contributed by atoms with Crippen LogP contribution in [0.3, 0.4) is 0 Å². The zero-order valence-corrected chi connectivity index (χ0v) is 11.0. The lowest BCUT2D eigenvalue weighted by molar-refractivity contribution is -0.138. The summed E-state index contributed by atoms with van der Waals surface area (Å²) in [5, 5.41) is 12.5. The van der Waals surface area contributed by atoms with Crippen LogP contribution >= 0.6 is 11.8 Å². The van der Waals surface area contributed by atoms with Crippen LogP contribution in [0.25, 0.3) is 0 Å². The molecule has 0 radical (unpaired) electrons. The highest BCUT2D eigenvalue weighted by atomic mass is 32.2. The van der Waals surface area contributed by atoms with Gasteiger partial charge in [-0.25, -0.2) is 0 Å². The normalized spacial score (nSPS) is 31.0. The Morgan fingerprint density at radius 1 is 1.39 bits per heavy atom. The monoisotopic (exact) mass is 263 g/mol. The molecule has 1 heterocycles. The second-order valence-electron chi connectivity index (χ2n) is 5.04. The molecule has 2 aliphatic rings. The zero-order valence-electron chi connectivity index (χ0n) is 10.2. The summed E-state index contributed by atoms with van der Waals surface area (Å²) < 4.78 is 0. The number of carboxylic acids is 1. The van der Waals surface area contributed by atoms with E-state index in [1.54, 1.807) is 11.8 Å². The molecule has 96 valence electrons. The van der Waals surface area contributed by atoms with Crippen LogP contribution in [0.1, 0.15) is 30.4 Å². The smallest absolute Gasteiger partial charge is 0.321 e. The Kier molecular flexibility index (Phi) is 3.08. The standard InChI is InChI=1S/C14H17NO2S/c16-13(17)12-9-18-14(15-12)8-4-3-6-10-5-1-2-7-11(10)14/h1-2,5,7,12,15H,3-4,6,8-9H2,(H,16,17)/t12-,14?/m1/s1. The molecule has 1 saturated heterocycles. The van der Waals surface area contributed by atoms with Crippen LogP contribution in [0.15, 0.2) is 24.3 Å². The van der Waals surface area contributed by atoms with Gasteiger partial charge >= 0.3 is 5.97 Å². The van der Waals surface area contributed by atoms with Gasteiger partial charge in [0.15, 0.2) is 0 Å². The number of rotatable bonds is 1. The number of hydrogen-bond donors (Lipinski definition) is 2. The van der Waals surface area contributed by atoms with Gasteiger partial charge in [0, 0.05) is 5.75 Å². The Bertz CT molecular complexity index is 477. The van der Waals surface area contributed by atoms with Gasteiger partial charge in [-0.15, -0.1) is 11.8 Å². The van der Waals surface area contributed by atoms with E-state index in [2.05, 4.69) is 29.6 Å². The van der Waals surface area contributed by atoms with E-state index >= 15 is 0 Å². The number of benzene rings is 1. The van der Waals surface area contributed by atoms with E-state index in [0.29, 0.717) is 5.75 Å². The molecule has 0 saturated carbocycles. The third-order valence-electron chi connectivity index (χ3n) is 3.88. The van der Waals surface area contributed by atoms with Crippen LogP contribution in [0.4, 0.5) is 0 Å². The van der Waals surface area contributed by atoms with Gasteiger partial charge in [-0.05, 0) is 30.4 Å². The third-order valence-corrected chi connectivity index (χ3v) is 5.41. The Hall–Kier alpha value is -1.00. The maximum absolute atomic E-state index is 11.1. The molecule has 2 N–H and O–H groups in total. The minimum absolute atomic E-state index is 0.170. The van der Waals surface area contributed by atoms with Crippen LogP contribution in [0, 0.1) is 0 Å². The number of hydrogen-bond acceptors (Lipinski definition) is 3. The quantitative estimate of drug-likeness (QED) is 0.816. The van der Waals surface area contributed by atoms with Gasteiger partial charge < -0.3 is 5.11 Å². The first-order valence-electron chi connectivity index (χ1n) is 6.44. The van der Waals surface area contributed by atoms with E-state index < -0.39 is 12.0 Å². The van der Waals surface area contributed by atoms with Crippen molar-refractivity contribution in [3.63, 3.8) is 0 Å². The van der Waals surface area contributed by atoms with Crippen molar-refractivity contribution in [2.45, 2.75) is 36.6 Å². The Morgan fingerprint density at radius 2 is 2.22 bits per heavy atom. The summed E-state index contributed by atoms with van der Waals surface area (Å²) in [7, 11) is 0. The van der Waals surface area contributed by atoms with Gasteiger partial charge in [0.1, 0.15) is 6.04 Å². The first kappa shape index (κ1) is 12.1. The number of thioether (sulfide) groups is 1. The minimum atomic E-state index is -0.735. The SMILES string of the molecule is O=C(O)[C@H]1CSC2(CCCCc3ccccc32)N1. The zero-order chi connectivity index (χ0) is 12.6. The van der Waals surface area contributed by atoms with Crippen molar-refractivity contribution in [1.82, 2.24) is 5.32 Å². The molecule has 3 nitrogen and oxygen atoms in total. The number of nitrogens with one attached hydrogen (secondary N) is 1. The average molecular weight is 263 g/mol. The van der Waals surface area contributed by atoms with Crippen LogP contribution < -0.4 is 5.32 Å². The molecule has 1 unspecified atom stereocenters. The second-order valence-corrected chi connectivity index (χ2v) is 6.36. The summed E-state index contributed by atoms with van der Waals surface area (Å²) in [5.74, 6) is -0.0787. The van der Waals surface area contributed by atoms with Crippen molar-refractivity contribution >= 4 is 17.7 Å². The molecule has 1 spiro atoms. The third kappa shape index (κ3) is 1.93. The molecule has 1 aromatic rings. The van der Waals surface area contributed by atoms with Gasteiger partial charge in [-0.2, -0.15) is 0 Å². The lowest BCUT2D eigenvalue weighted by Crippen LogP contribution is -2.43. The molecular weight excluding hydrogens is 246 g/mol. The molecule has 0 aromatic heterocycles. The summed E-state index contributed by atoms with van der Waals surface area (Å²) in [6.07, 6.45) is 4.48. The molecule has 18 heavy (non-hydrogen) atoms. The van der Waals surface area contributed by atoms with Crippen LogP contribution in [-0.4, -0.2) is 22.9 Å². The summed E-state index contributed by atoms with van der Waals surface area (Å²) in [6.45, 7) is 0. The molecule has 2 atom stereocenters. The summed E-state index contributed by atoms with van der Waals surface area (Å²) in [6, 6.07) is 8.05. The van der Waals surface area contributed by atoms with E-state index in [1.807, 2.05) is 0 Å². The van der Waals surface area contributed by atoms with Crippen LogP contribution in [0.2, 0.25) is 0 Å². The van der Waals surface area contributed by atoms with Crippen molar-refractivity contribution in [1.29, 1.82) is 0 Å². The van der Waals surface area contributed by atoms with Gasteiger partial charge in [-0.1, -0.05) is 30.7 Å². The fourth-order valence-corrected chi connectivity index (χ4v) is 4.53. The van der Waals surface area contributed by atoms with E-state index in [-0.39, 0.29) is 4.87 Å². The summed E-state index contributed by atoms with van der Waals surface area (Å²) in [5.41, 5.74) is 2.68. The fraction of sp³-hybridized carbons (Fsp3) is 0.500. The van der Waals surface area contributed by atoms with Gasteiger partial charge in [-0.3, -0.25) is 10.1 Å². The van der Waals surface area contributed by atoms with Crippen molar-refractivity contribution in [2.24, 2.45) is 0 Å². The Labute approximate surface area is 111 Å². The summed E-state index contributed by atoms with van der Waals surface area (Å²) in [4.78, 5) is 11.0. The Balaban J connectivity index is 1.99. The predicted molar refractivity (Wildman–Crippen MR) is 72.7 cm³/mol. The molecule has 3 rings (SSSR count). The maximum Gasteiger partial charge on any atom is 0.321 e. The topological polar surface area (TPSA) is 49.3 Å². The van der Waals surface area contributed by atoms with Crippen molar-refractivity contribution < 1.29 is 9.90 Å². The molecule has 1 aromatic carbocycles. The predicted octanol–water partition coefficient (Wildman–Crippen LogP) is 2.36. The first-order chi connectivity index (χ1) is 8.71. The average Bonchev–Trinajstić information content (AvgIpc) is 2.72. The van der Waals surface area contributed by atoms with Gasteiger partial charge in [0.25, 0.3) is 0 Å². The lowest BCUT2D eigenvalue weighted by Gasteiger charge is -2.30. The number of aryl methyl sites for hydroxylation is 1. The number of aliphatic carboxylic acids is 1. The second kappa shape index (κ2) is 4.59. The largest absolute Gasteiger partial charge is 0.480 e. The van der Waals surface area contributed by atoms with E-state index in [0.717, 1.165) is 19.3 Å². The van der Waals surface area contributed by atoms with Crippen molar-refractivity contribution in [3.8, 4) is 0 Å². The molecule has 1 aliphatic heterocycles. The number of carboxylic acid groups (broad SMARTS) is 1.